The van der Waals surface area contributed by atoms with Gasteiger partial charge < -0.3 is 9.47 Å². The van der Waals surface area contributed by atoms with E-state index in [1.54, 1.807) is 13.4 Å². The van der Waals surface area contributed by atoms with Gasteiger partial charge in [0.2, 0.25) is 0 Å². The summed E-state index contributed by atoms with van der Waals surface area (Å²) in [5, 5.41) is 4.90. The number of fused-ring (bicyclic) bond motifs is 1. The third-order valence-corrected chi connectivity index (χ3v) is 5.25. The molecular weight excluding hydrogens is 328 g/mol. The van der Waals surface area contributed by atoms with E-state index in [0.29, 0.717) is 5.39 Å². The van der Waals surface area contributed by atoms with Gasteiger partial charge in [0.25, 0.3) is 5.56 Å². The molecular formula is C19H24N6O. The van der Waals surface area contributed by atoms with Crippen molar-refractivity contribution in [3.05, 3.63) is 52.8 Å². The van der Waals surface area contributed by atoms with Crippen LogP contribution in [0.1, 0.15) is 5.69 Å². The molecule has 7 nitrogen and oxygen atoms in total. The van der Waals surface area contributed by atoms with Crippen LogP contribution in [0.25, 0.3) is 10.9 Å². The van der Waals surface area contributed by atoms with E-state index in [-0.39, 0.29) is 5.56 Å². The maximum Gasteiger partial charge on any atom is 0.260 e. The lowest BCUT2D eigenvalue weighted by Crippen LogP contribution is -2.47. The van der Waals surface area contributed by atoms with E-state index in [9.17, 15) is 4.79 Å². The number of anilines is 1. The molecule has 0 spiro atoms. The van der Waals surface area contributed by atoms with E-state index in [4.69, 9.17) is 0 Å². The average molecular weight is 352 g/mol. The lowest BCUT2D eigenvalue weighted by Gasteiger charge is -2.36. The van der Waals surface area contributed by atoms with Gasteiger partial charge >= 0.3 is 0 Å². The predicted molar refractivity (Wildman–Crippen MR) is 103 cm³/mol. The first-order chi connectivity index (χ1) is 12.6. The zero-order valence-electron chi connectivity index (χ0n) is 15.3. The number of aromatic nitrogens is 4. The summed E-state index contributed by atoms with van der Waals surface area (Å²) in [6.45, 7) is 5.12. The Labute approximate surface area is 152 Å². The van der Waals surface area contributed by atoms with E-state index in [2.05, 4.69) is 25.9 Å². The number of aryl methyl sites for hydroxylation is 2. The highest BCUT2D eigenvalue weighted by atomic mass is 16.1. The molecule has 1 aliphatic heterocycles. The van der Waals surface area contributed by atoms with Crippen LogP contribution in [0.2, 0.25) is 0 Å². The Morgan fingerprint density at radius 2 is 1.88 bits per heavy atom. The Kier molecular flexibility index (Phi) is 4.46. The van der Waals surface area contributed by atoms with E-state index < -0.39 is 0 Å². The number of hydrogen-bond acceptors (Lipinski definition) is 5. The lowest BCUT2D eigenvalue weighted by molar-refractivity contribution is 0.259. The molecule has 4 rings (SSSR count). The second-order valence-corrected chi connectivity index (χ2v) is 6.89. The highest BCUT2D eigenvalue weighted by Crippen LogP contribution is 2.20. The molecule has 0 amide bonds. The highest BCUT2D eigenvalue weighted by molar-refractivity contribution is 5.81. The molecule has 7 heteroatoms. The van der Waals surface area contributed by atoms with Crippen molar-refractivity contribution in [2.45, 2.75) is 6.42 Å². The molecule has 1 saturated heterocycles. The summed E-state index contributed by atoms with van der Waals surface area (Å²) in [6.07, 6.45) is 4.47. The summed E-state index contributed by atoms with van der Waals surface area (Å²) in [6, 6.07) is 8.05. The van der Waals surface area contributed by atoms with Crippen LogP contribution in [0.15, 0.2) is 41.6 Å². The summed E-state index contributed by atoms with van der Waals surface area (Å²) < 4.78 is 3.46. The molecule has 26 heavy (non-hydrogen) atoms. The summed E-state index contributed by atoms with van der Waals surface area (Å²) in [5.41, 5.74) is 3.19. The Balaban J connectivity index is 1.40. The molecule has 0 aliphatic carbocycles. The third kappa shape index (κ3) is 3.22. The van der Waals surface area contributed by atoms with Gasteiger partial charge in [-0.15, -0.1) is 0 Å². The molecule has 0 unspecified atom stereocenters. The number of rotatable bonds is 4. The molecule has 1 aromatic carbocycles. The van der Waals surface area contributed by atoms with E-state index in [0.717, 1.165) is 50.3 Å². The van der Waals surface area contributed by atoms with Gasteiger partial charge in [-0.05, 0) is 24.3 Å². The Morgan fingerprint density at radius 1 is 1.08 bits per heavy atom. The number of nitrogens with zero attached hydrogens (tertiary/aromatic N) is 6. The van der Waals surface area contributed by atoms with Crippen molar-refractivity contribution in [1.82, 2.24) is 24.2 Å². The molecule has 1 fully saturated rings. The van der Waals surface area contributed by atoms with Gasteiger partial charge in [-0.1, -0.05) is 0 Å². The molecule has 0 radical (unpaired) electrons. The second-order valence-electron chi connectivity index (χ2n) is 6.89. The SMILES string of the molecule is Cn1nccc1CCN1CCN(c2ccc3c(=O)n(C)cnc3c2)CC1. The molecule has 0 atom stereocenters. The fourth-order valence-corrected chi connectivity index (χ4v) is 3.54. The van der Waals surface area contributed by atoms with Crippen molar-refractivity contribution < 1.29 is 0 Å². The highest BCUT2D eigenvalue weighted by Gasteiger charge is 2.18. The van der Waals surface area contributed by atoms with Crippen LogP contribution in [0.4, 0.5) is 5.69 Å². The molecule has 3 aromatic rings. The number of benzene rings is 1. The first kappa shape index (κ1) is 16.8. The van der Waals surface area contributed by atoms with Gasteiger partial charge in [-0.2, -0.15) is 5.10 Å². The van der Waals surface area contributed by atoms with Gasteiger partial charge in [0, 0.05) is 70.8 Å². The fourth-order valence-electron chi connectivity index (χ4n) is 3.54. The summed E-state index contributed by atoms with van der Waals surface area (Å²) in [4.78, 5) is 21.4. The van der Waals surface area contributed by atoms with Gasteiger partial charge in [0.1, 0.15) is 0 Å². The topological polar surface area (TPSA) is 59.2 Å². The van der Waals surface area contributed by atoms with Gasteiger partial charge in [0.05, 0.1) is 17.2 Å². The third-order valence-electron chi connectivity index (χ3n) is 5.25. The van der Waals surface area contributed by atoms with Crippen molar-refractivity contribution >= 4 is 16.6 Å². The molecule has 0 bridgehead atoms. The Morgan fingerprint density at radius 3 is 2.62 bits per heavy atom. The smallest absolute Gasteiger partial charge is 0.260 e. The zero-order chi connectivity index (χ0) is 18.1. The van der Waals surface area contributed by atoms with Crippen molar-refractivity contribution in [2.75, 3.05) is 37.6 Å². The van der Waals surface area contributed by atoms with E-state index in [1.807, 2.05) is 36.1 Å². The van der Waals surface area contributed by atoms with Gasteiger partial charge in [0.15, 0.2) is 0 Å². The van der Waals surface area contributed by atoms with Crippen LogP contribution in [0.3, 0.4) is 0 Å². The Hall–Kier alpha value is -2.67. The van der Waals surface area contributed by atoms with Gasteiger partial charge in [-0.25, -0.2) is 4.98 Å². The molecule has 3 heterocycles. The fraction of sp³-hybridized carbons (Fsp3) is 0.421. The van der Waals surface area contributed by atoms with Crippen molar-refractivity contribution in [3.8, 4) is 0 Å². The molecule has 0 saturated carbocycles. The standard InChI is InChI=1S/C19H24N6O/c1-22-14-20-18-13-16(3-4-17(18)19(22)26)25-11-9-24(10-12-25)8-6-15-5-7-21-23(15)2/h3-5,7,13-14H,6,8-12H2,1-2H3. The predicted octanol–water partition coefficient (Wildman–Crippen LogP) is 1.03. The van der Waals surface area contributed by atoms with Crippen LogP contribution >= 0.6 is 0 Å². The van der Waals surface area contributed by atoms with E-state index in [1.165, 1.54) is 10.3 Å². The summed E-state index contributed by atoms with van der Waals surface area (Å²) in [5.74, 6) is 0. The average Bonchev–Trinajstić information content (AvgIpc) is 3.08. The molecule has 0 N–H and O–H groups in total. The molecule has 1 aliphatic rings. The minimum absolute atomic E-state index is 0.00142. The quantitative estimate of drug-likeness (QED) is 0.702. The first-order valence-corrected chi connectivity index (χ1v) is 9.01. The zero-order valence-corrected chi connectivity index (χ0v) is 15.3. The van der Waals surface area contributed by atoms with Crippen LogP contribution < -0.4 is 10.5 Å². The number of hydrogen-bond donors (Lipinski definition) is 0. The Bertz CT molecular complexity index is 968. The largest absolute Gasteiger partial charge is 0.369 e. The minimum atomic E-state index is 0.00142. The van der Waals surface area contributed by atoms with Crippen LogP contribution in [0.5, 0.6) is 0 Å². The lowest BCUT2D eigenvalue weighted by atomic mass is 10.2. The van der Waals surface area contributed by atoms with Crippen LogP contribution in [0, 0.1) is 0 Å². The van der Waals surface area contributed by atoms with Crippen molar-refractivity contribution in [3.63, 3.8) is 0 Å². The summed E-state index contributed by atoms with van der Waals surface area (Å²) in [7, 11) is 3.72. The van der Waals surface area contributed by atoms with Crippen molar-refractivity contribution in [2.24, 2.45) is 14.1 Å². The first-order valence-electron chi connectivity index (χ1n) is 9.01. The van der Waals surface area contributed by atoms with E-state index >= 15 is 0 Å². The van der Waals surface area contributed by atoms with Crippen LogP contribution in [-0.4, -0.2) is 57.0 Å². The van der Waals surface area contributed by atoms with Crippen molar-refractivity contribution in [1.29, 1.82) is 0 Å². The minimum Gasteiger partial charge on any atom is -0.369 e. The van der Waals surface area contributed by atoms with Crippen LogP contribution in [-0.2, 0) is 20.5 Å². The van der Waals surface area contributed by atoms with Gasteiger partial charge in [-0.3, -0.25) is 14.4 Å². The number of piperazine rings is 1. The summed E-state index contributed by atoms with van der Waals surface area (Å²) >= 11 is 0. The normalized spacial score (nSPS) is 15.7. The maximum atomic E-state index is 12.1. The monoisotopic (exact) mass is 352 g/mol. The maximum absolute atomic E-state index is 12.1. The second kappa shape index (κ2) is 6.92. The molecule has 2 aromatic heterocycles. The molecule has 136 valence electrons.